The van der Waals surface area contributed by atoms with Crippen molar-refractivity contribution in [1.82, 2.24) is 4.57 Å². The second-order valence-corrected chi connectivity index (χ2v) is 3.49. The van der Waals surface area contributed by atoms with Crippen LogP contribution >= 0.6 is 0 Å². The van der Waals surface area contributed by atoms with Crippen LogP contribution in [0.1, 0.15) is 12.5 Å². The zero-order chi connectivity index (χ0) is 12.1. The molecule has 1 aromatic heterocycles. The monoisotopic (exact) mass is 226 g/mol. The van der Waals surface area contributed by atoms with E-state index < -0.39 is 0 Å². The maximum atomic E-state index is 10.9. The molecule has 1 radical (unpaired) electrons. The first-order valence-electron chi connectivity index (χ1n) is 5.26. The van der Waals surface area contributed by atoms with Crippen LogP contribution in [0, 0.1) is 6.20 Å². The van der Waals surface area contributed by atoms with Crippen molar-refractivity contribution in [3.05, 3.63) is 54.4 Å². The molecule has 3 heteroatoms. The van der Waals surface area contributed by atoms with E-state index in [1.165, 1.54) is 6.92 Å². The van der Waals surface area contributed by atoms with E-state index in [0.29, 0.717) is 5.75 Å². The summed E-state index contributed by atoms with van der Waals surface area (Å²) in [6.45, 7) is 1.39. The summed E-state index contributed by atoms with van der Waals surface area (Å²) < 4.78 is 6.90. The highest BCUT2D eigenvalue weighted by Crippen LogP contribution is 2.19. The van der Waals surface area contributed by atoms with E-state index in [2.05, 4.69) is 6.20 Å². The van der Waals surface area contributed by atoms with Crippen LogP contribution in [0.4, 0.5) is 0 Å². The maximum Gasteiger partial charge on any atom is 0.308 e. The van der Waals surface area contributed by atoms with E-state index in [4.69, 9.17) is 4.74 Å². The number of benzene rings is 1. The highest BCUT2D eigenvalue weighted by atomic mass is 16.5. The minimum absolute atomic E-state index is 0.321. The lowest BCUT2D eigenvalue weighted by Gasteiger charge is -2.04. The van der Waals surface area contributed by atoms with Crippen LogP contribution in [0.2, 0.25) is 0 Å². The van der Waals surface area contributed by atoms with Crippen molar-refractivity contribution in [2.45, 2.75) is 6.92 Å². The number of carbonyl (C=O) groups excluding carboxylic acids is 1. The molecule has 1 aromatic carbocycles. The van der Waals surface area contributed by atoms with Crippen molar-refractivity contribution in [2.24, 2.45) is 0 Å². The Morgan fingerprint density at radius 3 is 2.88 bits per heavy atom. The number of esters is 1. The van der Waals surface area contributed by atoms with Gasteiger partial charge in [0.1, 0.15) is 5.75 Å². The number of ether oxygens (including phenoxy) is 1. The fraction of sp³-hybridized carbons (Fsp3) is 0.0714. The van der Waals surface area contributed by atoms with Gasteiger partial charge in [-0.2, -0.15) is 0 Å². The predicted octanol–water partition coefficient (Wildman–Crippen LogP) is 2.84. The number of hydrogen-bond donors (Lipinski definition) is 0. The Hall–Kier alpha value is -2.29. The van der Waals surface area contributed by atoms with Gasteiger partial charge < -0.3 is 9.30 Å². The normalized spacial score (nSPS) is 10.6. The van der Waals surface area contributed by atoms with Crippen LogP contribution in [0.3, 0.4) is 0 Å². The zero-order valence-electron chi connectivity index (χ0n) is 9.46. The summed E-state index contributed by atoms with van der Waals surface area (Å²) in [5, 5.41) is 0. The molecule has 17 heavy (non-hydrogen) atoms. The number of para-hydroxylation sites is 1. The maximum absolute atomic E-state index is 10.9. The molecule has 3 nitrogen and oxygen atoms in total. The standard InChI is InChI=1S/C14H12NO2/c1-12(16)17-14-7-3-2-6-13(14)8-11-15-9-4-5-10-15/h2-9,11H,1H3/b11-8+. The molecule has 0 aliphatic rings. The summed E-state index contributed by atoms with van der Waals surface area (Å²) >= 11 is 0. The summed E-state index contributed by atoms with van der Waals surface area (Å²) in [4.78, 5) is 10.9. The molecule has 0 spiro atoms. The summed E-state index contributed by atoms with van der Waals surface area (Å²) in [6, 6.07) is 11.1. The van der Waals surface area contributed by atoms with Gasteiger partial charge in [0.15, 0.2) is 0 Å². The largest absolute Gasteiger partial charge is 0.426 e. The third kappa shape index (κ3) is 3.08. The highest BCUT2D eigenvalue weighted by Gasteiger charge is 2.01. The SMILES string of the molecule is CC(=O)Oc1ccccc1/C=C/n1[c]ccc1. The van der Waals surface area contributed by atoms with E-state index in [9.17, 15) is 4.79 Å². The lowest BCUT2D eigenvalue weighted by Crippen LogP contribution is -2.02. The van der Waals surface area contributed by atoms with Crippen LogP contribution in [-0.4, -0.2) is 10.5 Å². The van der Waals surface area contributed by atoms with E-state index >= 15 is 0 Å². The van der Waals surface area contributed by atoms with Crippen molar-refractivity contribution in [2.75, 3.05) is 0 Å². The molecule has 0 N–H and O–H groups in total. The van der Waals surface area contributed by atoms with Gasteiger partial charge in [-0.3, -0.25) is 4.79 Å². The van der Waals surface area contributed by atoms with Gasteiger partial charge in [0.2, 0.25) is 0 Å². The van der Waals surface area contributed by atoms with Crippen LogP contribution in [0.5, 0.6) is 5.75 Å². The summed E-state index contributed by atoms with van der Waals surface area (Å²) in [6.07, 6.45) is 8.59. The van der Waals surface area contributed by atoms with Crippen LogP contribution in [0.15, 0.2) is 42.6 Å². The van der Waals surface area contributed by atoms with Gasteiger partial charge in [0, 0.05) is 24.9 Å². The molecule has 0 aliphatic carbocycles. The molecule has 0 amide bonds. The van der Waals surface area contributed by atoms with Gasteiger partial charge >= 0.3 is 5.97 Å². The Bertz CT molecular complexity index is 527. The molecule has 0 atom stereocenters. The number of nitrogens with zero attached hydrogens (tertiary/aromatic N) is 1. The Balaban J connectivity index is 2.23. The fourth-order valence-electron chi connectivity index (χ4n) is 1.43. The highest BCUT2D eigenvalue weighted by molar-refractivity contribution is 5.73. The average Bonchev–Trinajstić information content (AvgIpc) is 2.80. The molecule has 85 valence electrons. The van der Waals surface area contributed by atoms with Gasteiger partial charge in [-0.15, -0.1) is 0 Å². The number of carbonyl (C=O) groups is 1. The lowest BCUT2D eigenvalue weighted by molar-refractivity contribution is -0.131. The second-order valence-electron chi connectivity index (χ2n) is 3.49. The van der Waals surface area contributed by atoms with Gasteiger partial charge in [-0.05, 0) is 24.3 Å². The van der Waals surface area contributed by atoms with Crippen LogP contribution in [0.25, 0.3) is 12.3 Å². The van der Waals surface area contributed by atoms with Crippen molar-refractivity contribution in [3.8, 4) is 5.75 Å². The van der Waals surface area contributed by atoms with Gasteiger partial charge in [0.25, 0.3) is 0 Å². The second kappa shape index (κ2) is 5.16. The van der Waals surface area contributed by atoms with E-state index in [1.54, 1.807) is 10.6 Å². The van der Waals surface area contributed by atoms with Crippen molar-refractivity contribution < 1.29 is 9.53 Å². The van der Waals surface area contributed by atoms with Crippen LogP contribution in [-0.2, 0) is 4.79 Å². The Labute approximate surface area is 100.0 Å². The third-order valence-electron chi connectivity index (χ3n) is 2.15. The minimum Gasteiger partial charge on any atom is -0.426 e. The van der Waals surface area contributed by atoms with E-state index in [-0.39, 0.29) is 5.97 Å². The molecule has 0 saturated carbocycles. The average molecular weight is 226 g/mol. The number of rotatable bonds is 3. The zero-order valence-corrected chi connectivity index (χ0v) is 9.46. The van der Waals surface area contributed by atoms with Crippen molar-refractivity contribution in [1.29, 1.82) is 0 Å². The molecule has 2 rings (SSSR count). The molecule has 0 unspecified atom stereocenters. The topological polar surface area (TPSA) is 31.2 Å². The molecular weight excluding hydrogens is 214 g/mol. The first kappa shape index (κ1) is 11.2. The quantitative estimate of drug-likeness (QED) is 0.595. The first-order chi connectivity index (χ1) is 8.25. The minimum atomic E-state index is -0.321. The summed E-state index contributed by atoms with van der Waals surface area (Å²) in [7, 11) is 0. The number of aromatic nitrogens is 1. The lowest BCUT2D eigenvalue weighted by atomic mass is 10.2. The molecule has 2 aromatic rings. The van der Waals surface area contributed by atoms with Crippen molar-refractivity contribution in [3.63, 3.8) is 0 Å². The van der Waals surface area contributed by atoms with Gasteiger partial charge in [-0.1, -0.05) is 18.2 Å². The number of hydrogen-bond acceptors (Lipinski definition) is 2. The Kier molecular flexibility index (Phi) is 3.40. The third-order valence-corrected chi connectivity index (χ3v) is 2.15. The molecule has 0 aliphatic heterocycles. The molecule has 0 bridgehead atoms. The van der Waals surface area contributed by atoms with E-state index in [0.717, 1.165) is 5.56 Å². The smallest absolute Gasteiger partial charge is 0.308 e. The molecule has 1 heterocycles. The van der Waals surface area contributed by atoms with Gasteiger partial charge in [0.05, 0.1) is 6.20 Å². The summed E-state index contributed by atoms with van der Waals surface area (Å²) in [5.41, 5.74) is 0.852. The first-order valence-corrected chi connectivity index (χ1v) is 5.26. The Morgan fingerprint density at radius 1 is 1.35 bits per heavy atom. The fourth-order valence-corrected chi connectivity index (χ4v) is 1.43. The molecular formula is C14H12NO2. The van der Waals surface area contributed by atoms with E-state index in [1.807, 2.05) is 48.8 Å². The Morgan fingerprint density at radius 2 is 2.18 bits per heavy atom. The van der Waals surface area contributed by atoms with Crippen molar-refractivity contribution >= 4 is 18.2 Å². The summed E-state index contributed by atoms with van der Waals surface area (Å²) in [5.74, 6) is 0.238. The van der Waals surface area contributed by atoms with Crippen LogP contribution < -0.4 is 4.74 Å². The molecule has 0 saturated heterocycles. The predicted molar refractivity (Wildman–Crippen MR) is 66.2 cm³/mol. The molecule has 0 fully saturated rings. The van der Waals surface area contributed by atoms with Gasteiger partial charge in [-0.25, -0.2) is 0 Å².